The lowest BCUT2D eigenvalue weighted by molar-refractivity contribution is -0.870. The molecule has 1 N–H and O–H groups in total. The third kappa shape index (κ3) is 43.2. The van der Waals surface area contributed by atoms with Crippen LogP contribution in [0, 0.1) is 0 Å². The van der Waals surface area contributed by atoms with Gasteiger partial charge in [-0.1, -0.05) is 145 Å². The molecule has 0 saturated heterocycles. The quantitative estimate of drug-likeness (QED) is 0.0217. The molecule has 0 aliphatic rings. The second-order valence-corrected chi connectivity index (χ2v) is 17.1. The van der Waals surface area contributed by atoms with Crippen molar-refractivity contribution in [3.05, 3.63) is 60.8 Å². The minimum absolute atomic E-state index is 0.0818. The van der Waals surface area contributed by atoms with Crippen molar-refractivity contribution < 1.29 is 37.3 Å². The Kier molecular flexibility index (Phi) is 37.8. The van der Waals surface area contributed by atoms with Crippen LogP contribution in [0.2, 0.25) is 0 Å². The second kappa shape index (κ2) is 39.0. The fourth-order valence-electron chi connectivity index (χ4n) is 5.65. The topological polar surface area (TPSA) is 91.3 Å². The molecule has 0 aromatic carbocycles. The number of phosphoric ester groups is 1. The van der Waals surface area contributed by atoms with Crippen LogP contribution in [-0.2, 0) is 27.9 Å². The lowest BCUT2D eigenvalue weighted by Crippen LogP contribution is -2.37. The maximum Gasteiger partial charge on any atom is 0.472 e. The molecule has 0 bridgehead atoms. The smallest absolute Gasteiger partial charge is 0.457 e. The molecule has 0 saturated carbocycles. The summed E-state index contributed by atoms with van der Waals surface area (Å²) in [5.74, 6) is -0.332. The van der Waals surface area contributed by atoms with E-state index in [1.807, 2.05) is 21.1 Å². The van der Waals surface area contributed by atoms with Crippen molar-refractivity contribution in [2.45, 2.75) is 174 Å². The molecule has 0 aromatic heterocycles. The molecule has 9 heteroatoms. The Labute approximate surface area is 339 Å². The average Bonchev–Trinajstić information content (AvgIpc) is 3.13. The van der Waals surface area contributed by atoms with Crippen LogP contribution in [0.1, 0.15) is 168 Å². The van der Waals surface area contributed by atoms with E-state index in [1.165, 1.54) is 77.0 Å². The molecule has 0 aromatic rings. The van der Waals surface area contributed by atoms with E-state index < -0.39 is 13.9 Å². The van der Waals surface area contributed by atoms with Crippen LogP contribution in [0.15, 0.2) is 60.8 Å². The molecule has 0 amide bonds. The van der Waals surface area contributed by atoms with Crippen LogP contribution < -0.4 is 0 Å². The lowest BCUT2D eigenvalue weighted by atomic mass is 10.1. The maximum atomic E-state index is 12.7. The van der Waals surface area contributed by atoms with E-state index in [9.17, 15) is 14.3 Å². The first-order valence-electron chi connectivity index (χ1n) is 22.0. The van der Waals surface area contributed by atoms with Gasteiger partial charge in [-0.05, 0) is 77.0 Å². The van der Waals surface area contributed by atoms with Crippen molar-refractivity contribution in [1.29, 1.82) is 0 Å². The van der Waals surface area contributed by atoms with E-state index >= 15 is 0 Å². The maximum absolute atomic E-state index is 12.7. The Hall–Kier alpha value is -1.80. The highest BCUT2D eigenvalue weighted by atomic mass is 31.2. The molecule has 8 nitrogen and oxygen atoms in total. The van der Waals surface area contributed by atoms with Gasteiger partial charge in [-0.25, -0.2) is 4.57 Å². The van der Waals surface area contributed by atoms with Gasteiger partial charge in [0.15, 0.2) is 0 Å². The lowest BCUT2D eigenvalue weighted by Gasteiger charge is -2.24. The van der Waals surface area contributed by atoms with Gasteiger partial charge in [0, 0.05) is 13.0 Å². The van der Waals surface area contributed by atoms with E-state index in [1.54, 1.807) is 0 Å². The number of phosphoric acid groups is 1. The largest absolute Gasteiger partial charge is 0.472 e. The van der Waals surface area contributed by atoms with Gasteiger partial charge in [0.05, 0.1) is 34.4 Å². The van der Waals surface area contributed by atoms with E-state index in [0.717, 1.165) is 70.6 Å². The van der Waals surface area contributed by atoms with Crippen LogP contribution in [0.25, 0.3) is 0 Å². The van der Waals surface area contributed by atoms with Gasteiger partial charge in [0.25, 0.3) is 0 Å². The highest BCUT2D eigenvalue weighted by Crippen LogP contribution is 2.43. The Morgan fingerprint density at radius 3 is 1.60 bits per heavy atom. The molecule has 0 radical (unpaired) electrons. The van der Waals surface area contributed by atoms with Gasteiger partial charge in [-0.3, -0.25) is 13.8 Å². The van der Waals surface area contributed by atoms with Crippen molar-refractivity contribution in [3.63, 3.8) is 0 Å². The number of hydrogen-bond donors (Lipinski definition) is 1. The summed E-state index contributed by atoms with van der Waals surface area (Å²) in [5.41, 5.74) is 0. The molecule has 0 spiro atoms. The van der Waals surface area contributed by atoms with E-state index in [0.29, 0.717) is 24.1 Å². The Morgan fingerprint density at radius 1 is 0.582 bits per heavy atom. The zero-order valence-electron chi connectivity index (χ0n) is 36.1. The minimum Gasteiger partial charge on any atom is -0.457 e. The number of hydrogen-bond acceptors (Lipinski definition) is 6. The molecule has 55 heavy (non-hydrogen) atoms. The van der Waals surface area contributed by atoms with Crippen molar-refractivity contribution in [2.24, 2.45) is 0 Å². The SMILES string of the molecule is CC/C=C\C/C=C\C/C=C\C/C=C\CCCCCCCCC(=O)OC(COCCCCCCCC/C=C\CCCCCC)COP(=O)(O)OCC[N+](C)(C)C. The Balaban J connectivity index is 4.28. The summed E-state index contributed by atoms with van der Waals surface area (Å²) >= 11 is 0. The number of likely N-dealkylation sites (N-methyl/N-ethyl adjacent to an activating group) is 1. The number of unbranched alkanes of at least 4 members (excludes halogenated alkanes) is 16. The van der Waals surface area contributed by atoms with Gasteiger partial charge in [0.1, 0.15) is 19.3 Å². The van der Waals surface area contributed by atoms with Gasteiger partial charge in [0.2, 0.25) is 0 Å². The standard InChI is InChI=1S/C46H84NO7P/c1-6-8-10-12-14-16-18-20-22-23-24-25-26-27-29-31-33-35-37-39-46(48)54-45(44-53-55(49,50)52-42-40-47(3,4)5)43-51-41-38-36-34-32-30-28-21-19-17-15-13-11-9-7-2/h8,10,14,16-17,19-20,22,24-25,45H,6-7,9,11-13,15,18,21,23,26-44H2,1-5H3/p+1/b10-8-,16-14-,19-17-,22-20-,25-24-. The molecule has 0 fully saturated rings. The predicted octanol–water partition coefficient (Wildman–Crippen LogP) is 12.9. The van der Waals surface area contributed by atoms with Crippen molar-refractivity contribution in [1.82, 2.24) is 0 Å². The van der Waals surface area contributed by atoms with Crippen molar-refractivity contribution >= 4 is 13.8 Å². The highest BCUT2D eigenvalue weighted by Gasteiger charge is 2.26. The predicted molar refractivity (Wildman–Crippen MR) is 233 cm³/mol. The Morgan fingerprint density at radius 2 is 1.05 bits per heavy atom. The molecule has 0 rings (SSSR count). The zero-order chi connectivity index (χ0) is 40.6. The van der Waals surface area contributed by atoms with Crippen molar-refractivity contribution in [3.8, 4) is 0 Å². The number of allylic oxidation sites excluding steroid dienone is 10. The fraction of sp³-hybridized carbons (Fsp3) is 0.761. The summed E-state index contributed by atoms with van der Waals surface area (Å²) in [7, 11) is 1.64. The van der Waals surface area contributed by atoms with Crippen LogP contribution in [-0.4, -0.2) is 75.6 Å². The van der Waals surface area contributed by atoms with Gasteiger partial charge in [-0.2, -0.15) is 0 Å². The summed E-state index contributed by atoms with van der Waals surface area (Å²) < 4.78 is 35.0. The van der Waals surface area contributed by atoms with Gasteiger partial charge < -0.3 is 18.9 Å². The number of rotatable bonds is 40. The molecule has 0 aliphatic heterocycles. The first-order valence-corrected chi connectivity index (χ1v) is 23.5. The first kappa shape index (κ1) is 53.2. The fourth-order valence-corrected chi connectivity index (χ4v) is 6.40. The molecular weight excluding hydrogens is 709 g/mol. The molecule has 2 atom stereocenters. The molecule has 0 heterocycles. The monoisotopic (exact) mass is 795 g/mol. The van der Waals surface area contributed by atoms with E-state index in [2.05, 4.69) is 74.6 Å². The molecule has 320 valence electrons. The first-order chi connectivity index (χ1) is 26.6. The number of nitrogens with zero attached hydrogens (tertiary/aromatic N) is 1. The van der Waals surface area contributed by atoms with E-state index in [4.69, 9.17) is 18.5 Å². The molecule has 2 unspecified atom stereocenters. The van der Waals surface area contributed by atoms with E-state index in [-0.39, 0.29) is 25.8 Å². The Bertz CT molecular complexity index is 1060. The van der Waals surface area contributed by atoms with Crippen LogP contribution in [0.5, 0.6) is 0 Å². The minimum atomic E-state index is -4.28. The number of esters is 1. The summed E-state index contributed by atoms with van der Waals surface area (Å²) in [4.78, 5) is 22.9. The van der Waals surface area contributed by atoms with Crippen LogP contribution in [0.4, 0.5) is 0 Å². The van der Waals surface area contributed by atoms with Crippen LogP contribution >= 0.6 is 7.82 Å². The number of carbonyl (C=O) groups is 1. The van der Waals surface area contributed by atoms with Gasteiger partial charge >= 0.3 is 13.8 Å². The number of ether oxygens (including phenoxy) is 2. The van der Waals surface area contributed by atoms with Crippen LogP contribution in [0.3, 0.4) is 0 Å². The third-order valence-corrected chi connectivity index (χ3v) is 10.0. The van der Waals surface area contributed by atoms with Crippen molar-refractivity contribution in [2.75, 3.05) is 54.1 Å². The average molecular weight is 795 g/mol. The zero-order valence-corrected chi connectivity index (χ0v) is 37.0. The normalized spacial score (nSPS) is 14.4. The van der Waals surface area contributed by atoms with Gasteiger partial charge in [-0.15, -0.1) is 0 Å². The summed E-state index contributed by atoms with van der Waals surface area (Å²) in [5, 5.41) is 0. The number of carbonyl (C=O) groups excluding carboxylic acids is 1. The molecular formula is C46H85NO7P+. The highest BCUT2D eigenvalue weighted by molar-refractivity contribution is 7.47. The molecule has 0 aliphatic carbocycles. The summed E-state index contributed by atoms with van der Waals surface area (Å²) in [6.45, 7) is 5.45. The second-order valence-electron chi connectivity index (χ2n) is 15.7. The number of quaternary nitrogens is 1. The summed E-state index contributed by atoms with van der Waals surface area (Å²) in [6.07, 6.45) is 48.2. The third-order valence-electron chi connectivity index (χ3n) is 9.06. The summed E-state index contributed by atoms with van der Waals surface area (Å²) in [6, 6.07) is 0.